The molecule has 6 heteroatoms. The van der Waals surface area contributed by atoms with Gasteiger partial charge in [0.25, 0.3) is 0 Å². The van der Waals surface area contributed by atoms with Gasteiger partial charge in [-0.05, 0) is 12.1 Å². The summed E-state index contributed by atoms with van der Waals surface area (Å²) in [7, 11) is 0. The number of aromatic hydroxyl groups is 1. The van der Waals surface area contributed by atoms with Gasteiger partial charge in [0.15, 0.2) is 0 Å². The lowest BCUT2D eigenvalue weighted by atomic mass is 10.2. The van der Waals surface area contributed by atoms with Crippen LogP contribution in [0.4, 0.5) is 5.69 Å². The van der Waals surface area contributed by atoms with Gasteiger partial charge in [-0.15, -0.1) is 24.2 Å². The molecular formula is C10H13ClN2O2S. The lowest BCUT2D eigenvalue weighted by molar-refractivity contribution is -0.117. The Morgan fingerprint density at radius 3 is 3.00 bits per heavy atom. The van der Waals surface area contributed by atoms with E-state index in [1.165, 1.54) is 6.07 Å². The Bertz CT molecular complexity index is 370. The number of hydrogen-bond acceptors (Lipinski definition) is 4. The van der Waals surface area contributed by atoms with Crippen LogP contribution in [-0.4, -0.2) is 28.7 Å². The Labute approximate surface area is 104 Å². The molecule has 88 valence electrons. The molecule has 0 saturated carbocycles. The van der Waals surface area contributed by atoms with Gasteiger partial charge in [-0.3, -0.25) is 10.1 Å². The summed E-state index contributed by atoms with van der Waals surface area (Å²) in [4.78, 5) is 11.7. The van der Waals surface area contributed by atoms with E-state index in [0.717, 1.165) is 11.6 Å². The molecule has 0 radical (unpaired) electrons. The van der Waals surface area contributed by atoms with Crippen molar-refractivity contribution in [1.29, 1.82) is 0 Å². The first kappa shape index (κ1) is 13.2. The first-order valence-electron chi connectivity index (χ1n) is 4.67. The van der Waals surface area contributed by atoms with Crippen molar-refractivity contribution in [3.05, 3.63) is 24.3 Å². The van der Waals surface area contributed by atoms with Crippen molar-refractivity contribution in [2.75, 3.05) is 16.9 Å². The predicted octanol–water partition coefficient (Wildman–Crippen LogP) is 1.42. The van der Waals surface area contributed by atoms with Gasteiger partial charge in [-0.25, -0.2) is 0 Å². The van der Waals surface area contributed by atoms with Gasteiger partial charge >= 0.3 is 0 Å². The number of thioether (sulfide) groups is 1. The van der Waals surface area contributed by atoms with Gasteiger partial charge in [0.1, 0.15) is 5.75 Å². The molecule has 0 bridgehead atoms. The smallest absolute Gasteiger partial charge is 0.242 e. The highest BCUT2D eigenvalue weighted by Gasteiger charge is 2.22. The second-order valence-electron chi connectivity index (χ2n) is 3.31. The third-order valence-electron chi connectivity index (χ3n) is 2.15. The fourth-order valence-corrected chi connectivity index (χ4v) is 2.32. The van der Waals surface area contributed by atoms with E-state index in [-0.39, 0.29) is 30.1 Å². The van der Waals surface area contributed by atoms with Gasteiger partial charge in [-0.1, -0.05) is 6.07 Å². The Morgan fingerprint density at radius 1 is 1.56 bits per heavy atom. The molecule has 1 aromatic rings. The van der Waals surface area contributed by atoms with E-state index in [0.29, 0.717) is 5.69 Å². The summed E-state index contributed by atoms with van der Waals surface area (Å²) >= 11 is 1.70. The van der Waals surface area contributed by atoms with Gasteiger partial charge in [0.2, 0.25) is 5.91 Å². The van der Waals surface area contributed by atoms with Crippen molar-refractivity contribution < 1.29 is 9.90 Å². The van der Waals surface area contributed by atoms with Crippen LogP contribution in [0, 0.1) is 0 Å². The zero-order chi connectivity index (χ0) is 10.7. The van der Waals surface area contributed by atoms with E-state index in [9.17, 15) is 9.90 Å². The van der Waals surface area contributed by atoms with Crippen molar-refractivity contribution in [3.8, 4) is 5.75 Å². The minimum atomic E-state index is -0.127. The van der Waals surface area contributed by atoms with Crippen molar-refractivity contribution in [1.82, 2.24) is 5.32 Å². The van der Waals surface area contributed by atoms with E-state index < -0.39 is 0 Å². The molecular weight excluding hydrogens is 248 g/mol. The number of halogens is 1. The number of phenolic OH excluding ortho intramolecular Hbond substituents is 1. The standard InChI is InChI=1S/C10H12N2O2S.ClH/c13-8-3-1-2-7(4-8)12-10(14)9-5-15-6-11-9;/h1-4,9,11,13H,5-6H2,(H,12,14);1H. The van der Waals surface area contributed by atoms with Crippen LogP contribution in [0.5, 0.6) is 5.75 Å². The molecule has 1 atom stereocenters. The van der Waals surface area contributed by atoms with Crippen molar-refractivity contribution >= 4 is 35.8 Å². The van der Waals surface area contributed by atoms with Gasteiger partial charge < -0.3 is 10.4 Å². The Hall–Kier alpha value is -0.910. The topological polar surface area (TPSA) is 61.4 Å². The molecule has 0 aromatic heterocycles. The summed E-state index contributed by atoms with van der Waals surface area (Å²) in [5.41, 5.74) is 0.624. The number of anilines is 1. The molecule has 2 rings (SSSR count). The molecule has 3 N–H and O–H groups in total. The summed E-state index contributed by atoms with van der Waals surface area (Å²) in [5.74, 6) is 1.72. The van der Waals surface area contributed by atoms with Crippen molar-refractivity contribution in [3.63, 3.8) is 0 Å². The van der Waals surface area contributed by atoms with Crippen LogP contribution in [0.25, 0.3) is 0 Å². The summed E-state index contributed by atoms with van der Waals surface area (Å²) in [5, 5.41) is 15.0. The SMILES string of the molecule is Cl.O=C(Nc1cccc(O)c1)C1CSCN1. The highest BCUT2D eigenvalue weighted by Crippen LogP contribution is 2.17. The average Bonchev–Trinajstić information content (AvgIpc) is 2.70. The Balaban J connectivity index is 0.00000128. The first-order valence-corrected chi connectivity index (χ1v) is 5.82. The summed E-state index contributed by atoms with van der Waals surface area (Å²) in [6.45, 7) is 0. The zero-order valence-corrected chi connectivity index (χ0v) is 10.1. The lowest BCUT2D eigenvalue weighted by Gasteiger charge is -2.10. The van der Waals surface area contributed by atoms with Gasteiger partial charge in [0, 0.05) is 23.4 Å². The molecule has 1 aromatic carbocycles. The van der Waals surface area contributed by atoms with Crippen LogP contribution in [-0.2, 0) is 4.79 Å². The number of benzene rings is 1. The van der Waals surface area contributed by atoms with Gasteiger partial charge in [-0.2, -0.15) is 0 Å². The maximum absolute atomic E-state index is 11.7. The molecule has 1 aliphatic heterocycles. The van der Waals surface area contributed by atoms with E-state index in [4.69, 9.17) is 0 Å². The summed E-state index contributed by atoms with van der Waals surface area (Å²) < 4.78 is 0. The highest BCUT2D eigenvalue weighted by molar-refractivity contribution is 7.99. The largest absolute Gasteiger partial charge is 0.508 e. The molecule has 1 saturated heterocycles. The van der Waals surface area contributed by atoms with E-state index in [2.05, 4.69) is 10.6 Å². The summed E-state index contributed by atoms with van der Waals surface area (Å²) in [6, 6.07) is 6.42. The normalized spacial score (nSPS) is 18.9. The quantitative estimate of drug-likeness (QED) is 0.753. The molecule has 1 aliphatic rings. The molecule has 1 amide bonds. The predicted molar refractivity (Wildman–Crippen MR) is 68.2 cm³/mol. The number of carbonyl (C=O) groups excluding carboxylic acids is 1. The molecule has 0 spiro atoms. The number of hydrogen-bond donors (Lipinski definition) is 3. The third-order valence-corrected chi connectivity index (χ3v) is 3.09. The molecule has 0 aliphatic carbocycles. The lowest BCUT2D eigenvalue weighted by Crippen LogP contribution is -2.37. The first-order chi connectivity index (χ1) is 7.25. The number of amides is 1. The van der Waals surface area contributed by atoms with Crippen LogP contribution in [0.1, 0.15) is 0 Å². The molecule has 16 heavy (non-hydrogen) atoms. The van der Waals surface area contributed by atoms with Crippen molar-refractivity contribution in [2.45, 2.75) is 6.04 Å². The highest BCUT2D eigenvalue weighted by atomic mass is 35.5. The minimum absolute atomic E-state index is 0. The molecule has 1 unspecified atom stereocenters. The monoisotopic (exact) mass is 260 g/mol. The fourth-order valence-electron chi connectivity index (χ4n) is 1.38. The van der Waals surface area contributed by atoms with E-state index in [1.807, 2.05) is 0 Å². The maximum Gasteiger partial charge on any atom is 0.242 e. The number of carbonyl (C=O) groups is 1. The Morgan fingerprint density at radius 2 is 2.38 bits per heavy atom. The zero-order valence-electron chi connectivity index (χ0n) is 8.47. The molecule has 1 heterocycles. The van der Waals surface area contributed by atoms with E-state index in [1.54, 1.807) is 30.0 Å². The van der Waals surface area contributed by atoms with Crippen molar-refractivity contribution in [2.24, 2.45) is 0 Å². The Kier molecular flexibility index (Phi) is 4.92. The van der Waals surface area contributed by atoms with Gasteiger partial charge in [0.05, 0.1) is 6.04 Å². The second kappa shape index (κ2) is 5.98. The van der Waals surface area contributed by atoms with Crippen LogP contribution < -0.4 is 10.6 Å². The fraction of sp³-hybridized carbons (Fsp3) is 0.300. The molecule has 4 nitrogen and oxygen atoms in total. The second-order valence-corrected chi connectivity index (χ2v) is 4.34. The number of rotatable bonds is 2. The number of nitrogens with one attached hydrogen (secondary N) is 2. The number of phenols is 1. The van der Waals surface area contributed by atoms with Crippen LogP contribution in [0.3, 0.4) is 0 Å². The van der Waals surface area contributed by atoms with Crippen LogP contribution in [0.2, 0.25) is 0 Å². The minimum Gasteiger partial charge on any atom is -0.508 e. The van der Waals surface area contributed by atoms with E-state index >= 15 is 0 Å². The summed E-state index contributed by atoms with van der Waals surface area (Å²) in [6.07, 6.45) is 0. The maximum atomic E-state index is 11.7. The average molecular weight is 261 g/mol. The van der Waals surface area contributed by atoms with Crippen LogP contribution >= 0.6 is 24.2 Å². The molecule has 1 fully saturated rings. The third kappa shape index (κ3) is 3.30. The van der Waals surface area contributed by atoms with Crippen LogP contribution in [0.15, 0.2) is 24.3 Å².